The van der Waals surface area contributed by atoms with E-state index in [9.17, 15) is 4.79 Å². The second-order valence-corrected chi connectivity index (χ2v) is 6.00. The first kappa shape index (κ1) is 20.3. The van der Waals surface area contributed by atoms with Crippen LogP contribution >= 0.6 is 0 Å². The van der Waals surface area contributed by atoms with Gasteiger partial charge in [0, 0.05) is 6.54 Å². The minimum Gasteiger partial charge on any atom is -0.496 e. The molecule has 0 radical (unpaired) electrons. The zero-order valence-corrected chi connectivity index (χ0v) is 16.3. The van der Waals surface area contributed by atoms with Crippen LogP contribution in [0.2, 0.25) is 0 Å². The van der Waals surface area contributed by atoms with E-state index in [0.717, 1.165) is 12.1 Å². The molecule has 0 heterocycles. The number of ether oxygens (including phenoxy) is 2. The van der Waals surface area contributed by atoms with E-state index in [-0.39, 0.29) is 6.04 Å². The largest absolute Gasteiger partial charge is 0.496 e. The Morgan fingerprint density at radius 2 is 1.89 bits per heavy atom. The Morgan fingerprint density at radius 1 is 1.15 bits per heavy atom. The van der Waals surface area contributed by atoms with Crippen LogP contribution in [-0.2, 0) is 11.3 Å². The number of hydrogen-bond acceptors (Lipinski definition) is 4. The number of esters is 1. The van der Waals surface area contributed by atoms with Crippen LogP contribution in [0.4, 0.5) is 0 Å². The van der Waals surface area contributed by atoms with Gasteiger partial charge < -0.3 is 20.1 Å². The smallest absolute Gasteiger partial charge is 0.341 e. The summed E-state index contributed by atoms with van der Waals surface area (Å²) < 4.78 is 10.0. The van der Waals surface area contributed by atoms with Crippen molar-refractivity contribution in [2.24, 2.45) is 4.99 Å². The fraction of sp³-hybridized carbons (Fsp3) is 0.333. The highest BCUT2D eigenvalue weighted by molar-refractivity contribution is 5.92. The van der Waals surface area contributed by atoms with Gasteiger partial charge in [0.2, 0.25) is 0 Å². The molecule has 6 heteroatoms. The maximum Gasteiger partial charge on any atom is 0.341 e. The van der Waals surface area contributed by atoms with E-state index in [1.165, 1.54) is 19.8 Å². The Kier molecular flexibility index (Phi) is 7.67. The van der Waals surface area contributed by atoms with Crippen LogP contribution in [0.1, 0.15) is 41.4 Å². The van der Waals surface area contributed by atoms with Gasteiger partial charge in [-0.15, -0.1) is 0 Å². The van der Waals surface area contributed by atoms with Gasteiger partial charge >= 0.3 is 5.97 Å². The van der Waals surface area contributed by atoms with Gasteiger partial charge in [0.25, 0.3) is 0 Å². The van der Waals surface area contributed by atoms with Gasteiger partial charge in [-0.3, -0.25) is 0 Å². The summed E-state index contributed by atoms with van der Waals surface area (Å²) in [4.78, 5) is 16.6. The SMILES string of the molecule is CCNC(=NCc1ccc(OC)c(C(=O)OC)c1)NC(C)c1ccccc1. The zero-order chi connectivity index (χ0) is 19.6. The second kappa shape index (κ2) is 10.2. The van der Waals surface area contributed by atoms with Gasteiger partial charge in [0.05, 0.1) is 26.8 Å². The quantitative estimate of drug-likeness (QED) is 0.445. The number of methoxy groups -OCH3 is 2. The van der Waals surface area contributed by atoms with Crippen LogP contribution in [0.5, 0.6) is 5.75 Å². The summed E-state index contributed by atoms with van der Waals surface area (Å²) in [5.41, 5.74) is 2.46. The predicted molar refractivity (Wildman–Crippen MR) is 107 cm³/mol. The molecule has 0 aliphatic carbocycles. The highest BCUT2D eigenvalue weighted by atomic mass is 16.5. The van der Waals surface area contributed by atoms with Crippen molar-refractivity contribution in [1.29, 1.82) is 0 Å². The third kappa shape index (κ3) is 5.74. The molecule has 2 N–H and O–H groups in total. The first-order valence-corrected chi connectivity index (χ1v) is 8.94. The van der Waals surface area contributed by atoms with Crippen LogP contribution in [-0.4, -0.2) is 32.7 Å². The molecule has 6 nitrogen and oxygen atoms in total. The van der Waals surface area contributed by atoms with Gasteiger partial charge in [0.15, 0.2) is 5.96 Å². The number of carbonyl (C=O) groups is 1. The average molecular weight is 369 g/mol. The third-order valence-corrected chi connectivity index (χ3v) is 4.09. The van der Waals surface area contributed by atoms with Crippen molar-refractivity contribution in [2.45, 2.75) is 26.4 Å². The molecule has 0 aliphatic rings. The minimum absolute atomic E-state index is 0.116. The van der Waals surface area contributed by atoms with Crippen LogP contribution in [0.25, 0.3) is 0 Å². The van der Waals surface area contributed by atoms with E-state index in [0.29, 0.717) is 23.8 Å². The van der Waals surface area contributed by atoms with Gasteiger partial charge in [0.1, 0.15) is 11.3 Å². The van der Waals surface area contributed by atoms with Gasteiger partial charge in [-0.1, -0.05) is 36.4 Å². The molecule has 2 aromatic rings. The molecule has 0 spiro atoms. The molecular formula is C21H27N3O3. The summed E-state index contributed by atoms with van der Waals surface area (Å²) in [7, 11) is 2.88. The van der Waals surface area contributed by atoms with Gasteiger partial charge in [-0.2, -0.15) is 0 Å². The highest BCUT2D eigenvalue weighted by Crippen LogP contribution is 2.21. The molecular weight excluding hydrogens is 342 g/mol. The lowest BCUT2D eigenvalue weighted by molar-refractivity contribution is 0.0597. The summed E-state index contributed by atoms with van der Waals surface area (Å²) in [5.74, 6) is 0.766. The van der Waals surface area contributed by atoms with E-state index < -0.39 is 5.97 Å². The van der Waals surface area contributed by atoms with E-state index in [4.69, 9.17) is 9.47 Å². The molecule has 27 heavy (non-hydrogen) atoms. The van der Waals surface area contributed by atoms with E-state index in [2.05, 4.69) is 34.7 Å². The Morgan fingerprint density at radius 3 is 2.52 bits per heavy atom. The molecule has 0 aromatic heterocycles. The van der Waals surface area contributed by atoms with Crippen LogP contribution in [0.15, 0.2) is 53.5 Å². The van der Waals surface area contributed by atoms with E-state index in [1.54, 1.807) is 12.1 Å². The first-order chi connectivity index (χ1) is 13.1. The number of aliphatic imine (C=N–C) groups is 1. The molecule has 1 unspecified atom stereocenters. The van der Waals surface area contributed by atoms with Gasteiger partial charge in [-0.05, 0) is 37.1 Å². The summed E-state index contributed by atoms with van der Waals surface area (Å²) in [6.07, 6.45) is 0. The number of carbonyl (C=O) groups excluding carboxylic acids is 1. The zero-order valence-electron chi connectivity index (χ0n) is 16.3. The van der Waals surface area contributed by atoms with Crippen molar-refractivity contribution in [3.63, 3.8) is 0 Å². The fourth-order valence-corrected chi connectivity index (χ4v) is 2.64. The Labute approximate surface area is 160 Å². The van der Waals surface area contributed by atoms with E-state index in [1.807, 2.05) is 31.2 Å². The summed E-state index contributed by atoms with van der Waals surface area (Å²) in [6.45, 7) is 5.28. The second-order valence-electron chi connectivity index (χ2n) is 6.00. The lowest BCUT2D eigenvalue weighted by atomic mass is 10.1. The summed E-state index contributed by atoms with van der Waals surface area (Å²) >= 11 is 0. The van der Waals surface area contributed by atoms with Crippen molar-refractivity contribution in [3.05, 3.63) is 65.2 Å². The molecule has 0 saturated carbocycles. The van der Waals surface area contributed by atoms with Gasteiger partial charge in [-0.25, -0.2) is 9.79 Å². The maximum atomic E-state index is 11.9. The lowest BCUT2D eigenvalue weighted by Gasteiger charge is -2.18. The Balaban J connectivity index is 2.15. The topological polar surface area (TPSA) is 72.0 Å². The molecule has 2 rings (SSSR count). The normalized spacial score (nSPS) is 12.2. The van der Waals surface area contributed by atoms with Crippen LogP contribution in [0, 0.1) is 0 Å². The van der Waals surface area contributed by atoms with Crippen molar-refractivity contribution in [3.8, 4) is 5.75 Å². The number of hydrogen-bond donors (Lipinski definition) is 2. The van der Waals surface area contributed by atoms with Crippen molar-refractivity contribution < 1.29 is 14.3 Å². The molecule has 0 bridgehead atoms. The monoisotopic (exact) mass is 369 g/mol. The number of benzene rings is 2. The van der Waals surface area contributed by atoms with Crippen molar-refractivity contribution >= 4 is 11.9 Å². The number of nitrogens with one attached hydrogen (secondary N) is 2. The number of guanidine groups is 1. The average Bonchev–Trinajstić information content (AvgIpc) is 2.71. The van der Waals surface area contributed by atoms with Crippen molar-refractivity contribution in [2.75, 3.05) is 20.8 Å². The fourth-order valence-electron chi connectivity index (χ4n) is 2.64. The Hall–Kier alpha value is -3.02. The molecule has 144 valence electrons. The minimum atomic E-state index is -0.430. The summed E-state index contributed by atoms with van der Waals surface area (Å²) in [6, 6.07) is 15.7. The molecule has 1 atom stereocenters. The Bertz CT molecular complexity index is 775. The lowest BCUT2D eigenvalue weighted by Crippen LogP contribution is -2.38. The molecule has 0 saturated heterocycles. The predicted octanol–water partition coefficient (Wildman–Crippen LogP) is 3.30. The maximum absolute atomic E-state index is 11.9. The highest BCUT2D eigenvalue weighted by Gasteiger charge is 2.13. The van der Waals surface area contributed by atoms with Crippen LogP contribution < -0.4 is 15.4 Å². The number of nitrogens with zero attached hydrogens (tertiary/aromatic N) is 1. The third-order valence-electron chi connectivity index (χ3n) is 4.09. The number of rotatable bonds is 7. The van der Waals surface area contributed by atoms with E-state index >= 15 is 0 Å². The standard InChI is InChI=1S/C21H27N3O3/c1-5-22-21(24-15(2)17-9-7-6-8-10-17)23-14-16-11-12-19(26-3)18(13-16)20(25)27-4/h6-13,15H,5,14H2,1-4H3,(H2,22,23,24). The molecule has 0 fully saturated rings. The molecule has 0 aliphatic heterocycles. The van der Waals surface area contributed by atoms with Crippen molar-refractivity contribution in [1.82, 2.24) is 10.6 Å². The first-order valence-electron chi connectivity index (χ1n) is 8.94. The molecule has 2 aromatic carbocycles. The molecule has 0 amide bonds. The van der Waals surface area contributed by atoms with Crippen LogP contribution in [0.3, 0.4) is 0 Å². The summed E-state index contributed by atoms with van der Waals surface area (Å²) in [5, 5.41) is 6.65.